The maximum atomic E-state index is 11.9. The second kappa shape index (κ2) is 6.76. The lowest BCUT2D eigenvalue weighted by atomic mass is 10.1. The zero-order valence-corrected chi connectivity index (χ0v) is 11.1. The molecule has 1 N–H and O–H groups in total. The summed E-state index contributed by atoms with van der Waals surface area (Å²) in [7, 11) is 0. The average molecular weight is 268 g/mol. The molecule has 2 rings (SSSR count). The van der Waals surface area contributed by atoms with Crippen LogP contribution in [0.25, 0.3) is 0 Å². The number of nitrogens with one attached hydrogen (secondary N) is 1. The number of esters is 1. The van der Waals surface area contributed by atoms with Gasteiger partial charge in [-0.25, -0.2) is 0 Å². The summed E-state index contributed by atoms with van der Waals surface area (Å²) in [5, 5.41) is 3.92. The first-order valence-electron chi connectivity index (χ1n) is 6.40. The van der Waals surface area contributed by atoms with Crippen molar-refractivity contribution in [2.45, 2.75) is 38.3 Å². The molecule has 1 saturated heterocycles. The predicted molar refractivity (Wildman–Crippen MR) is 71.5 cm³/mol. The molecular weight excluding hydrogens is 250 g/mol. The van der Waals surface area contributed by atoms with E-state index < -0.39 is 0 Å². The van der Waals surface area contributed by atoms with Crippen molar-refractivity contribution in [3.8, 4) is 0 Å². The second-order valence-electron chi connectivity index (χ2n) is 4.59. The minimum Gasteiger partial charge on any atom is -0.460 e. The summed E-state index contributed by atoms with van der Waals surface area (Å²) in [4.78, 5) is 11.9. The van der Waals surface area contributed by atoms with E-state index in [-0.39, 0.29) is 12.0 Å². The summed E-state index contributed by atoms with van der Waals surface area (Å²) >= 11 is 5.80. The molecule has 18 heavy (non-hydrogen) atoms. The molecule has 1 unspecified atom stereocenters. The summed E-state index contributed by atoms with van der Waals surface area (Å²) in [5.41, 5.74) is 0.960. The van der Waals surface area contributed by atoms with Gasteiger partial charge in [0.1, 0.15) is 12.6 Å². The smallest absolute Gasteiger partial charge is 0.323 e. The Balaban J connectivity index is 1.81. The lowest BCUT2D eigenvalue weighted by molar-refractivity contribution is -0.147. The Morgan fingerprint density at radius 3 is 2.83 bits per heavy atom. The van der Waals surface area contributed by atoms with E-state index >= 15 is 0 Å². The highest BCUT2D eigenvalue weighted by molar-refractivity contribution is 6.30. The van der Waals surface area contributed by atoms with E-state index in [1.54, 1.807) is 12.1 Å². The highest BCUT2D eigenvalue weighted by Crippen LogP contribution is 2.12. The number of hydrogen-bond donors (Lipinski definition) is 1. The Morgan fingerprint density at radius 1 is 1.28 bits per heavy atom. The quantitative estimate of drug-likeness (QED) is 0.856. The third kappa shape index (κ3) is 4.00. The van der Waals surface area contributed by atoms with Crippen LogP contribution in [0.5, 0.6) is 0 Å². The Bertz CT molecular complexity index is 383. The standard InChI is InChI=1S/C14H18ClNO2/c15-12-7-5-11(6-8-12)10-18-14(17)13-4-2-1-3-9-16-13/h5-8,13,16H,1-4,9-10H2. The van der Waals surface area contributed by atoms with Crippen LogP contribution >= 0.6 is 11.6 Å². The molecule has 1 aromatic carbocycles. The number of rotatable bonds is 3. The molecule has 1 aliphatic rings. The predicted octanol–water partition coefficient (Wildman–Crippen LogP) is 2.92. The summed E-state index contributed by atoms with van der Waals surface area (Å²) in [6.07, 6.45) is 4.29. The van der Waals surface area contributed by atoms with Gasteiger partial charge in [0.05, 0.1) is 0 Å². The van der Waals surface area contributed by atoms with Crippen LogP contribution in [0, 0.1) is 0 Å². The highest BCUT2D eigenvalue weighted by Gasteiger charge is 2.20. The van der Waals surface area contributed by atoms with Gasteiger partial charge in [-0.15, -0.1) is 0 Å². The first kappa shape index (κ1) is 13.4. The second-order valence-corrected chi connectivity index (χ2v) is 5.03. The first-order chi connectivity index (χ1) is 8.75. The van der Waals surface area contributed by atoms with Gasteiger partial charge in [-0.05, 0) is 37.1 Å². The van der Waals surface area contributed by atoms with E-state index in [4.69, 9.17) is 16.3 Å². The summed E-state index contributed by atoms with van der Waals surface area (Å²) < 4.78 is 5.32. The molecule has 1 fully saturated rings. The first-order valence-corrected chi connectivity index (χ1v) is 6.78. The van der Waals surface area contributed by atoms with Crippen molar-refractivity contribution in [2.75, 3.05) is 6.54 Å². The molecule has 1 heterocycles. The zero-order chi connectivity index (χ0) is 12.8. The maximum Gasteiger partial charge on any atom is 0.323 e. The molecule has 1 aliphatic heterocycles. The normalized spacial score (nSPS) is 20.2. The van der Waals surface area contributed by atoms with Gasteiger partial charge in [0, 0.05) is 5.02 Å². The van der Waals surface area contributed by atoms with Gasteiger partial charge < -0.3 is 10.1 Å². The van der Waals surface area contributed by atoms with Gasteiger partial charge in [0.25, 0.3) is 0 Å². The lowest BCUT2D eigenvalue weighted by Crippen LogP contribution is -2.37. The zero-order valence-electron chi connectivity index (χ0n) is 10.3. The molecule has 0 amide bonds. The maximum absolute atomic E-state index is 11.9. The number of ether oxygens (including phenoxy) is 1. The van der Waals surface area contributed by atoms with Gasteiger partial charge in [0.15, 0.2) is 0 Å². The van der Waals surface area contributed by atoms with Crippen LogP contribution in [0.15, 0.2) is 24.3 Å². The Labute approximate surface area is 112 Å². The van der Waals surface area contributed by atoms with Gasteiger partial charge in [-0.3, -0.25) is 4.79 Å². The SMILES string of the molecule is O=C(OCc1ccc(Cl)cc1)C1CCCCCN1. The highest BCUT2D eigenvalue weighted by atomic mass is 35.5. The van der Waals surface area contributed by atoms with E-state index in [1.807, 2.05) is 12.1 Å². The average Bonchev–Trinajstić information content (AvgIpc) is 2.66. The molecule has 0 bridgehead atoms. The number of halogens is 1. The van der Waals surface area contributed by atoms with Crippen molar-refractivity contribution in [1.82, 2.24) is 5.32 Å². The molecule has 0 spiro atoms. The third-order valence-corrected chi connectivity index (χ3v) is 3.39. The van der Waals surface area contributed by atoms with Crippen molar-refractivity contribution < 1.29 is 9.53 Å². The topological polar surface area (TPSA) is 38.3 Å². The minimum absolute atomic E-state index is 0.139. The van der Waals surface area contributed by atoms with Gasteiger partial charge in [-0.1, -0.05) is 36.6 Å². The fourth-order valence-electron chi connectivity index (χ4n) is 2.07. The Hall–Kier alpha value is -1.06. The number of hydrogen-bond acceptors (Lipinski definition) is 3. The monoisotopic (exact) mass is 267 g/mol. The van der Waals surface area contributed by atoms with Gasteiger partial charge >= 0.3 is 5.97 Å². The van der Waals surface area contributed by atoms with E-state index in [9.17, 15) is 4.79 Å². The number of benzene rings is 1. The molecule has 98 valence electrons. The Morgan fingerprint density at radius 2 is 2.06 bits per heavy atom. The fourth-order valence-corrected chi connectivity index (χ4v) is 2.19. The van der Waals surface area contributed by atoms with Crippen LogP contribution in [-0.4, -0.2) is 18.6 Å². The molecule has 3 nitrogen and oxygen atoms in total. The third-order valence-electron chi connectivity index (χ3n) is 3.14. The van der Waals surface area contributed by atoms with Gasteiger partial charge in [-0.2, -0.15) is 0 Å². The Kier molecular flexibility index (Phi) is 5.02. The lowest BCUT2D eigenvalue weighted by Gasteiger charge is -2.14. The van der Waals surface area contributed by atoms with Crippen LogP contribution < -0.4 is 5.32 Å². The summed E-state index contributed by atoms with van der Waals surface area (Å²) in [5.74, 6) is -0.146. The number of carbonyl (C=O) groups is 1. The van der Waals surface area contributed by atoms with Crippen LogP contribution in [0.1, 0.15) is 31.2 Å². The van der Waals surface area contributed by atoms with Crippen molar-refractivity contribution in [2.24, 2.45) is 0 Å². The molecule has 0 aromatic heterocycles. The molecule has 0 aliphatic carbocycles. The number of carbonyl (C=O) groups excluding carboxylic acids is 1. The van der Waals surface area contributed by atoms with Crippen LogP contribution in [-0.2, 0) is 16.1 Å². The molecule has 1 aromatic rings. The molecule has 4 heteroatoms. The largest absolute Gasteiger partial charge is 0.460 e. The molecule has 0 radical (unpaired) electrons. The van der Waals surface area contributed by atoms with E-state index in [0.717, 1.165) is 31.4 Å². The molecule has 0 saturated carbocycles. The van der Waals surface area contributed by atoms with Gasteiger partial charge in [0.2, 0.25) is 0 Å². The summed E-state index contributed by atoms with van der Waals surface area (Å²) in [6, 6.07) is 7.20. The van der Waals surface area contributed by atoms with E-state index in [1.165, 1.54) is 6.42 Å². The fraction of sp³-hybridized carbons (Fsp3) is 0.500. The van der Waals surface area contributed by atoms with Crippen LogP contribution in [0.3, 0.4) is 0 Å². The molecule has 1 atom stereocenters. The molecular formula is C14H18ClNO2. The van der Waals surface area contributed by atoms with Crippen LogP contribution in [0.2, 0.25) is 5.02 Å². The van der Waals surface area contributed by atoms with E-state index in [2.05, 4.69) is 5.32 Å². The van der Waals surface area contributed by atoms with Crippen LogP contribution in [0.4, 0.5) is 0 Å². The van der Waals surface area contributed by atoms with E-state index in [0.29, 0.717) is 11.6 Å². The minimum atomic E-state index is -0.146. The van der Waals surface area contributed by atoms with Crippen molar-refractivity contribution in [1.29, 1.82) is 0 Å². The summed E-state index contributed by atoms with van der Waals surface area (Å²) in [6.45, 7) is 1.22. The van der Waals surface area contributed by atoms with Crippen molar-refractivity contribution in [3.63, 3.8) is 0 Å². The van der Waals surface area contributed by atoms with Crippen molar-refractivity contribution >= 4 is 17.6 Å². The van der Waals surface area contributed by atoms with Crippen molar-refractivity contribution in [3.05, 3.63) is 34.9 Å².